The van der Waals surface area contributed by atoms with Crippen molar-refractivity contribution in [2.45, 2.75) is 32.8 Å². The average molecular weight is 629 g/mol. The van der Waals surface area contributed by atoms with Crippen LogP contribution in [-0.4, -0.2) is 15.9 Å². The zero-order valence-electron chi connectivity index (χ0n) is 19.5. The third-order valence-corrected chi connectivity index (χ3v) is 7.10. The minimum Gasteiger partial charge on any atom is -0.486 e. The van der Waals surface area contributed by atoms with Crippen molar-refractivity contribution in [1.29, 1.82) is 5.26 Å². The van der Waals surface area contributed by atoms with Gasteiger partial charge in [-0.15, -0.1) is 0 Å². The molecule has 3 aromatic carbocycles. The molecule has 6 nitrogen and oxygen atoms in total. The Bertz CT molecular complexity index is 1550. The summed E-state index contributed by atoms with van der Waals surface area (Å²) < 4.78 is 8.69. The second kappa shape index (κ2) is 11.4. The van der Waals surface area contributed by atoms with Crippen LogP contribution in [0.15, 0.2) is 73.4 Å². The molecular weight excluding hydrogens is 608 g/mol. The topological polar surface area (TPSA) is 80.3 Å². The molecule has 1 aromatic heterocycles. The number of ether oxygens (including phenoxy) is 1. The van der Waals surface area contributed by atoms with E-state index in [0.717, 1.165) is 16.5 Å². The van der Waals surface area contributed by atoms with E-state index in [-0.39, 0.29) is 18.1 Å². The summed E-state index contributed by atoms with van der Waals surface area (Å²) in [5, 5.41) is 14.6. The summed E-state index contributed by atoms with van der Waals surface area (Å²) in [6, 6.07) is 18.4. The van der Waals surface area contributed by atoms with Gasteiger partial charge in [0.25, 0.3) is 5.56 Å². The maximum Gasteiger partial charge on any atom is 0.282 e. The first kappa shape index (κ1) is 26.1. The molecule has 4 rings (SSSR count). The molecule has 1 heterocycles. The molecule has 4 aromatic rings. The molecule has 0 aliphatic rings. The largest absolute Gasteiger partial charge is 0.486 e. The molecular formula is C27H21Br2ClN4O2. The zero-order valence-corrected chi connectivity index (χ0v) is 23.4. The summed E-state index contributed by atoms with van der Waals surface area (Å²) in [5.74, 6) is 1.08. The van der Waals surface area contributed by atoms with E-state index in [1.165, 1.54) is 4.68 Å². The number of hydrogen-bond donors (Lipinski definition) is 0. The average Bonchev–Trinajstić information content (AvgIpc) is 2.87. The monoisotopic (exact) mass is 626 g/mol. The van der Waals surface area contributed by atoms with Crippen molar-refractivity contribution in [2.75, 3.05) is 0 Å². The van der Waals surface area contributed by atoms with Gasteiger partial charge in [-0.05, 0) is 64.3 Å². The maximum absolute atomic E-state index is 13.3. The number of benzene rings is 3. The fourth-order valence-corrected chi connectivity index (χ4v) is 4.95. The van der Waals surface area contributed by atoms with Gasteiger partial charge < -0.3 is 4.74 Å². The molecule has 0 spiro atoms. The van der Waals surface area contributed by atoms with E-state index < -0.39 is 0 Å². The number of hydrogen-bond acceptors (Lipinski definition) is 5. The summed E-state index contributed by atoms with van der Waals surface area (Å²) in [6.07, 6.45) is 2.38. The number of fused-ring (bicyclic) bond motifs is 1. The number of nitrogens with zero attached hydrogens (tertiary/aromatic N) is 4. The predicted molar refractivity (Wildman–Crippen MR) is 150 cm³/mol. The van der Waals surface area contributed by atoms with Crippen LogP contribution in [0.3, 0.4) is 0 Å². The summed E-state index contributed by atoms with van der Waals surface area (Å²) in [7, 11) is 0. The van der Waals surface area contributed by atoms with Gasteiger partial charge in [0.15, 0.2) is 5.75 Å². The molecule has 0 aliphatic heterocycles. The Morgan fingerprint density at radius 3 is 2.72 bits per heavy atom. The van der Waals surface area contributed by atoms with E-state index in [9.17, 15) is 10.1 Å². The van der Waals surface area contributed by atoms with Gasteiger partial charge in [-0.2, -0.15) is 15.0 Å². The van der Waals surface area contributed by atoms with E-state index in [4.69, 9.17) is 21.3 Å². The highest BCUT2D eigenvalue weighted by Gasteiger charge is 2.16. The van der Waals surface area contributed by atoms with E-state index in [1.807, 2.05) is 38.1 Å². The molecule has 9 heteroatoms. The molecule has 0 unspecified atom stereocenters. The summed E-state index contributed by atoms with van der Waals surface area (Å²) in [5.41, 5.74) is 2.38. The summed E-state index contributed by atoms with van der Waals surface area (Å²) in [6.45, 7) is 4.26. The van der Waals surface area contributed by atoms with Crippen LogP contribution in [0.25, 0.3) is 10.9 Å². The lowest BCUT2D eigenvalue weighted by Gasteiger charge is -2.14. The smallest absolute Gasteiger partial charge is 0.282 e. The quantitative estimate of drug-likeness (QED) is 0.200. The first-order valence-electron chi connectivity index (χ1n) is 11.2. The molecule has 182 valence electrons. The van der Waals surface area contributed by atoms with E-state index in [2.05, 4.69) is 43.0 Å². The Morgan fingerprint density at radius 1 is 1.22 bits per heavy atom. The normalized spacial score (nSPS) is 12.1. The molecule has 0 bridgehead atoms. The van der Waals surface area contributed by atoms with Crippen molar-refractivity contribution in [3.63, 3.8) is 0 Å². The second-order valence-electron chi connectivity index (χ2n) is 8.17. The Balaban J connectivity index is 1.67. The van der Waals surface area contributed by atoms with Gasteiger partial charge >= 0.3 is 0 Å². The number of aromatic nitrogens is 2. The Morgan fingerprint density at radius 2 is 2.00 bits per heavy atom. The first-order chi connectivity index (χ1) is 17.3. The lowest BCUT2D eigenvalue weighted by molar-refractivity contribution is 0.304. The van der Waals surface area contributed by atoms with Gasteiger partial charge in [0, 0.05) is 16.0 Å². The molecule has 0 saturated carbocycles. The highest BCUT2D eigenvalue weighted by atomic mass is 79.9. The van der Waals surface area contributed by atoms with Crippen molar-refractivity contribution in [2.24, 2.45) is 5.10 Å². The van der Waals surface area contributed by atoms with Crippen LogP contribution in [0.1, 0.15) is 48.7 Å². The predicted octanol–water partition coefficient (Wildman–Crippen LogP) is 7.42. The van der Waals surface area contributed by atoms with Crippen LogP contribution >= 0.6 is 43.5 Å². The van der Waals surface area contributed by atoms with Crippen LogP contribution in [0.4, 0.5) is 0 Å². The van der Waals surface area contributed by atoms with Gasteiger partial charge in [0.1, 0.15) is 12.4 Å². The Hall–Kier alpha value is -2.99. The fourth-order valence-electron chi connectivity index (χ4n) is 3.60. The molecule has 0 aliphatic carbocycles. The zero-order chi connectivity index (χ0) is 25.8. The van der Waals surface area contributed by atoms with Crippen LogP contribution in [0.5, 0.6) is 5.75 Å². The van der Waals surface area contributed by atoms with Gasteiger partial charge in [-0.25, -0.2) is 4.98 Å². The van der Waals surface area contributed by atoms with Crippen molar-refractivity contribution in [1.82, 2.24) is 9.66 Å². The molecule has 36 heavy (non-hydrogen) atoms. The van der Waals surface area contributed by atoms with Crippen molar-refractivity contribution in [3.05, 3.63) is 101 Å². The summed E-state index contributed by atoms with van der Waals surface area (Å²) >= 11 is 13.5. The van der Waals surface area contributed by atoms with Crippen molar-refractivity contribution in [3.8, 4) is 11.8 Å². The van der Waals surface area contributed by atoms with E-state index in [1.54, 1.807) is 36.5 Å². The van der Waals surface area contributed by atoms with Crippen molar-refractivity contribution >= 4 is 60.6 Å². The standard InChI is InChI=1S/C27H21Br2ClN4O2/c1-3-16(2)26-33-24-9-8-20(28)12-21(24)27(35)34(26)32-14-17-10-22(29)25(23(30)11-17)36-15-19-7-5-4-6-18(19)13-31/h4-12,14,16H,3,15H2,1-2H3/t16-/m0/s1. The number of halogens is 3. The molecule has 0 N–H and O–H groups in total. The molecule has 0 fully saturated rings. The van der Waals surface area contributed by atoms with Gasteiger partial charge in [0.05, 0.1) is 38.2 Å². The van der Waals surface area contributed by atoms with Gasteiger partial charge in [0.2, 0.25) is 0 Å². The van der Waals surface area contributed by atoms with Crippen LogP contribution in [0, 0.1) is 11.3 Å². The maximum atomic E-state index is 13.3. The van der Waals surface area contributed by atoms with Crippen LogP contribution in [0.2, 0.25) is 5.02 Å². The minimum atomic E-state index is -0.242. The van der Waals surface area contributed by atoms with E-state index in [0.29, 0.717) is 43.1 Å². The summed E-state index contributed by atoms with van der Waals surface area (Å²) in [4.78, 5) is 18.0. The van der Waals surface area contributed by atoms with Crippen molar-refractivity contribution < 1.29 is 4.74 Å². The highest BCUT2D eigenvalue weighted by molar-refractivity contribution is 9.10. The first-order valence-corrected chi connectivity index (χ1v) is 13.1. The highest BCUT2D eigenvalue weighted by Crippen LogP contribution is 2.35. The SMILES string of the molecule is CC[C@H](C)c1nc2ccc(Br)cc2c(=O)n1N=Cc1cc(Cl)c(OCc2ccccc2C#N)c(Br)c1. The molecule has 0 saturated heterocycles. The number of rotatable bonds is 7. The fraction of sp³-hybridized carbons (Fsp3) is 0.185. The third kappa shape index (κ3) is 5.54. The van der Waals surface area contributed by atoms with Crippen LogP contribution < -0.4 is 10.3 Å². The minimum absolute atomic E-state index is 0.0327. The Labute approximate surface area is 230 Å². The second-order valence-corrected chi connectivity index (χ2v) is 10.4. The number of nitriles is 1. The van der Waals surface area contributed by atoms with Gasteiger partial charge in [-0.1, -0.05) is 59.6 Å². The molecule has 1 atom stereocenters. The Kier molecular flexibility index (Phi) is 8.24. The molecule has 0 amide bonds. The lowest BCUT2D eigenvalue weighted by atomic mass is 10.1. The lowest BCUT2D eigenvalue weighted by Crippen LogP contribution is -2.23. The molecule has 0 radical (unpaired) electrons. The van der Waals surface area contributed by atoms with E-state index >= 15 is 0 Å². The van der Waals surface area contributed by atoms with Crippen LogP contribution in [-0.2, 0) is 6.61 Å². The van der Waals surface area contributed by atoms with Gasteiger partial charge in [-0.3, -0.25) is 4.79 Å². The third-order valence-electron chi connectivity index (χ3n) is 5.74.